The molecule has 1 atom stereocenters. The largest absolute Gasteiger partial charge is 0.302 e. The van der Waals surface area contributed by atoms with Crippen LogP contribution in [0.15, 0.2) is 54.9 Å². The van der Waals surface area contributed by atoms with Gasteiger partial charge in [-0.1, -0.05) is 30.3 Å². The second kappa shape index (κ2) is 6.69. The molecule has 0 aliphatic carbocycles. The average Bonchev–Trinajstić information content (AvgIpc) is 2.80. The van der Waals surface area contributed by atoms with E-state index in [1.54, 1.807) is 24.5 Å². The van der Waals surface area contributed by atoms with Crippen LogP contribution >= 0.6 is 0 Å². The molecule has 5 heteroatoms. The van der Waals surface area contributed by atoms with Gasteiger partial charge in [0.05, 0.1) is 6.20 Å². The van der Waals surface area contributed by atoms with Crippen LogP contribution in [-0.4, -0.2) is 33.7 Å². The van der Waals surface area contributed by atoms with Gasteiger partial charge in [-0.25, -0.2) is 9.37 Å². The summed E-state index contributed by atoms with van der Waals surface area (Å²) in [5.74, 6) is 0.535. The van der Waals surface area contributed by atoms with E-state index in [2.05, 4.69) is 39.3 Å². The lowest BCUT2D eigenvalue weighted by Crippen LogP contribution is -2.17. The van der Waals surface area contributed by atoms with E-state index in [1.165, 1.54) is 11.1 Å². The normalized spacial score (nSPS) is 17.8. The summed E-state index contributed by atoms with van der Waals surface area (Å²) in [6, 6.07) is 13.3. The van der Waals surface area contributed by atoms with E-state index in [4.69, 9.17) is 0 Å². The van der Waals surface area contributed by atoms with Gasteiger partial charge in [0.1, 0.15) is 5.82 Å². The molecule has 1 unspecified atom stereocenters. The predicted molar refractivity (Wildman–Crippen MR) is 94.5 cm³/mol. The van der Waals surface area contributed by atoms with Crippen molar-refractivity contribution in [3.05, 3.63) is 77.4 Å². The summed E-state index contributed by atoms with van der Waals surface area (Å²) in [7, 11) is 2.10. The maximum absolute atomic E-state index is 14.4. The molecule has 0 saturated carbocycles. The highest BCUT2D eigenvalue weighted by molar-refractivity contribution is 5.58. The number of fused-ring (bicyclic) bond motifs is 1. The summed E-state index contributed by atoms with van der Waals surface area (Å²) in [6.45, 7) is 1.75. The van der Waals surface area contributed by atoms with Gasteiger partial charge in [-0.2, -0.15) is 5.10 Å². The summed E-state index contributed by atoms with van der Waals surface area (Å²) in [6.07, 6.45) is 4.10. The highest BCUT2D eigenvalue weighted by atomic mass is 19.1. The Kier molecular flexibility index (Phi) is 4.24. The Morgan fingerprint density at radius 3 is 2.76 bits per heavy atom. The Bertz CT molecular complexity index is 882. The molecular weight excluding hydrogens is 315 g/mol. The molecule has 3 aromatic rings. The maximum atomic E-state index is 14.4. The molecule has 0 spiro atoms. The Balaban J connectivity index is 1.81. The number of hydrogen-bond donors (Lipinski definition) is 0. The van der Waals surface area contributed by atoms with Gasteiger partial charge in [0.15, 0.2) is 5.82 Å². The fraction of sp³-hybridized carbons (Fsp3) is 0.250. The van der Waals surface area contributed by atoms with Crippen LogP contribution in [0.1, 0.15) is 29.0 Å². The van der Waals surface area contributed by atoms with Crippen LogP contribution in [0.5, 0.6) is 0 Å². The third kappa shape index (κ3) is 3.15. The van der Waals surface area contributed by atoms with Crippen molar-refractivity contribution in [3.63, 3.8) is 0 Å². The zero-order chi connectivity index (χ0) is 17.2. The van der Waals surface area contributed by atoms with Crippen LogP contribution in [0.25, 0.3) is 11.4 Å². The standard InChI is InChI=1S/C20H19FN4/c1-25-11-8-17(18-4-2-3-5-19(18)21)16-7-6-14(12-15(16)13-25)20-22-9-10-23-24-20/h2-7,9-10,12,17H,8,11,13H2,1H3. The monoisotopic (exact) mass is 334 g/mol. The fourth-order valence-electron chi connectivity index (χ4n) is 3.56. The van der Waals surface area contributed by atoms with Crippen LogP contribution in [0.2, 0.25) is 0 Å². The van der Waals surface area contributed by atoms with Gasteiger partial charge in [0.25, 0.3) is 0 Å². The predicted octanol–water partition coefficient (Wildman–Crippen LogP) is 3.65. The van der Waals surface area contributed by atoms with E-state index in [9.17, 15) is 4.39 Å². The molecule has 2 aromatic carbocycles. The summed E-state index contributed by atoms with van der Waals surface area (Å²) in [4.78, 5) is 6.56. The highest BCUT2D eigenvalue weighted by Gasteiger charge is 2.25. The van der Waals surface area contributed by atoms with Crippen molar-refractivity contribution in [2.45, 2.75) is 18.9 Å². The second-order valence-corrected chi connectivity index (χ2v) is 6.48. The van der Waals surface area contributed by atoms with Crippen LogP contribution in [-0.2, 0) is 6.54 Å². The Hall–Kier alpha value is -2.66. The second-order valence-electron chi connectivity index (χ2n) is 6.48. The van der Waals surface area contributed by atoms with Gasteiger partial charge < -0.3 is 4.90 Å². The van der Waals surface area contributed by atoms with Crippen molar-refractivity contribution in [2.24, 2.45) is 0 Å². The van der Waals surface area contributed by atoms with E-state index >= 15 is 0 Å². The van der Waals surface area contributed by atoms with Gasteiger partial charge in [0.2, 0.25) is 0 Å². The SMILES string of the molecule is CN1CCC(c2ccccc2F)c2ccc(-c3nccnn3)cc2C1. The average molecular weight is 334 g/mol. The first-order chi connectivity index (χ1) is 12.2. The van der Waals surface area contributed by atoms with Crippen LogP contribution < -0.4 is 0 Å². The van der Waals surface area contributed by atoms with E-state index in [-0.39, 0.29) is 11.7 Å². The highest BCUT2D eigenvalue weighted by Crippen LogP contribution is 2.36. The van der Waals surface area contributed by atoms with E-state index in [0.29, 0.717) is 5.82 Å². The zero-order valence-electron chi connectivity index (χ0n) is 14.1. The molecule has 0 saturated heterocycles. The number of rotatable bonds is 2. The number of nitrogens with zero attached hydrogens (tertiary/aromatic N) is 4. The molecular formula is C20H19FN4. The first-order valence-corrected chi connectivity index (χ1v) is 8.42. The first-order valence-electron chi connectivity index (χ1n) is 8.42. The van der Waals surface area contributed by atoms with Crippen LogP contribution in [0.4, 0.5) is 4.39 Å². The fourth-order valence-corrected chi connectivity index (χ4v) is 3.56. The quantitative estimate of drug-likeness (QED) is 0.717. The topological polar surface area (TPSA) is 41.9 Å². The molecule has 1 aliphatic heterocycles. The lowest BCUT2D eigenvalue weighted by atomic mass is 9.85. The molecule has 0 amide bonds. The van der Waals surface area contributed by atoms with E-state index in [0.717, 1.165) is 30.6 Å². The van der Waals surface area contributed by atoms with Crippen molar-refractivity contribution >= 4 is 0 Å². The lowest BCUT2D eigenvalue weighted by molar-refractivity contribution is 0.328. The van der Waals surface area contributed by atoms with Crippen molar-refractivity contribution in [3.8, 4) is 11.4 Å². The lowest BCUT2D eigenvalue weighted by Gasteiger charge is -2.19. The summed E-state index contributed by atoms with van der Waals surface area (Å²) >= 11 is 0. The summed E-state index contributed by atoms with van der Waals surface area (Å²) < 4.78 is 14.4. The molecule has 0 bridgehead atoms. The molecule has 0 N–H and O–H groups in total. The molecule has 0 radical (unpaired) electrons. The van der Waals surface area contributed by atoms with E-state index in [1.807, 2.05) is 18.2 Å². The number of hydrogen-bond acceptors (Lipinski definition) is 4. The van der Waals surface area contributed by atoms with Gasteiger partial charge in [-0.05, 0) is 48.8 Å². The van der Waals surface area contributed by atoms with Crippen LogP contribution in [0.3, 0.4) is 0 Å². The van der Waals surface area contributed by atoms with Crippen molar-refractivity contribution in [2.75, 3.05) is 13.6 Å². The Labute approximate surface area is 146 Å². The number of halogens is 1. The van der Waals surface area contributed by atoms with Gasteiger partial charge in [-0.15, -0.1) is 5.10 Å². The number of benzene rings is 2. The van der Waals surface area contributed by atoms with Crippen molar-refractivity contribution in [1.82, 2.24) is 20.1 Å². The summed E-state index contributed by atoms with van der Waals surface area (Å²) in [5, 5.41) is 8.01. The van der Waals surface area contributed by atoms with Gasteiger partial charge in [-0.3, -0.25) is 0 Å². The molecule has 25 heavy (non-hydrogen) atoms. The minimum absolute atomic E-state index is 0.0602. The molecule has 1 aliphatic rings. The third-order valence-electron chi connectivity index (χ3n) is 4.78. The van der Waals surface area contributed by atoms with Crippen molar-refractivity contribution < 1.29 is 4.39 Å². The molecule has 4 rings (SSSR count). The van der Waals surface area contributed by atoms with Gasteiger partial charge in [0, 0.05) is 24.2 Å². The summed E-state index contributed by atoms with van der Waals surface area (Å²) in [5.41, 5.74) is 4.08. The molecule has 126 valence electrons. The van der Waals surface area contributed by atoms with Gasteiger partial charge >= 0.3 is 0 Å². The molecule has 2 heterocycles. The minimum atomic E-state index is -0.136. The molecule has 4 nitrogen and oxygen atoms in total. The maximum Gasteiger partial charge on any atom is 0.181 e. The smallest absolute Gasteiger partial charge is 0.181 e. The van der Waals surface area contributed by atoms with E-state index < -0.39 is 0 Å². The Morgan fingerprint density at radius 1 is 1.08 bits per heavy atom. The third-order valence-corrected chi connectivity index (χ3v) is 4.78. The molecule has 0 fully saturated rings. The Morgan fingerprint density at radius 2 is 1.96 bits per heavy atom. The van der Waals surface area contributed by atoms with Crippen LogP contribution in [0, 0.1) is 5.82 Å². The zero-order valence-corrected chi connectivity index (χ0v) is 14.1. The van der Waals surface area contributed by atoms with Crippen molar-refractivity contribution in [1.29, 1.82) is 0 Å². The molecule has 1 aromatic heterocycles. The number of aromatic nitrogens is 3. The first kappa shape index (κ1) is 15.8. The minimum Gasteiger partial charge on any atom is -0.302 e.